The Bertz CT molecular complexity index is 795. The largest absolute Gasteiger partial charge is 0.341 e. The molecule has 0 spiro atoms. The normalized spacial score (nSPS) is 10.8. The second kappa shape index (κ2) is 5.67. The number of carbonyl (C=O) groups is 1. The second-order valence-electron chi connectivity index (χ2n) is 4.66. The summed E-state index contributed by atoms with van der Waals surface area (Å²) >= 11 is 3.47. The first-order valence-corrected chi connectivity index (χ1v) is 7.17. The molecule has 0 bridgehead atoms. The van der Waals surface area contributed by atoms with Crippen molar-refractivity contribution in [1.29, 1.82) is 0 Å². The highest BCUT2D eigenvalue weighted by Crippen LogP contribution is 2.21. The summed E-state index contributed by atoms with van der Waals surface area (Å²) in [5.41, 5.74) is 4.56. The molecule has 0 aliphatic carbocycles. The monoisotopic (exact) mass is 344 g/mol. The van der Waals surface area contributed by atoms with Crippen molar-refractivity contribution < 1.29 is 4.79 Å². The van der Waals surface area contributed by atoms with Gasteiger partial charge in [-0.05, 0) is 36.4 Å². The van der Waals surface area contributed by atoms with Crippen LogP contribution in [0, 0.1) is 0 Å². The van der Waals surface area contributed by atoms with Gasteiger partial charge in [0.05, 0.1) is 17.8 Å². The third-order valence-electron chi connectivity index (χ3n) is 3.28. The highest BCUT2D eigenvalue weighted by molar-refractivity contribution is 9.10. The average Bonchev–Trinajstić information content (AvgIpc) is 2.89. The highest BCUT2D eigenvalue weighted by atomic mass is 79.9. The molecule has 6 heteroatoms. The molecule has 0 unspecified atom stereocenters. The van der Waals surface area contributed by atoms with Gasteiger partial charge in [-0.1, -0.05) is 15.9 Å². The molecule has 1 aromatic carbocycles. The molecular weight excluding hydrogens is 332 g/mol. The van der Waals surface area contributed by atoms with Crippen LogP contribution in [0.4, 0.5) is 0 Å². The van der Waals surface area contributed by atoms with E-state index in [0.717, 1.165) is 15.7 Å². The predicted octanol–water partition coefficient (Wildman–Crippen LogP) is 2.45. The second-order valence-corrected chi connectivity index (χ2v) is 5.57. The molecule has 2 heterocycles. The smallest absolute Gasteiger partial charge is 0.266 e. The van der Waals surface area contributed by atoms with E-state index in [2.05, 4.69) is 49.1 Å². The maximum Gasteiger partial charge on any atom is 0.266 e. The molecule has 3 aromatic rings. The Morgan fingerprint density at radius 1 is 1.29 bits per heavy atom. The van der Waals surface area contributed by atoms with E-state index in [0.29, 0.717) is 12.1 Å². The minimum Gasteiger partial charge on any atom is -0.341 e. The molecule has 0 atom stereocenters. The van der Waals surface area contributed by atoms with E-state index in [-0.39, 0.29) is 5.91 Å². The van der Waals surface area contributed by atoms with Crippen LogP contribution in [0.2, 0.25) is 0 Å². The summed E-state index contributed by atoms with van der Waals surface area (Å²) in [5, 5.41) is 1.17. The fourth-order valence-corrected chi connectivity index (χ4v) is 2.60. The van der Waals surface area contributed by atoms with Crippen LogP contribution in [-0.4, -0.2) is 15.5 Å². The number of amides is 1. The SMILES string of the molecule is NNC(=O)c1ccc(Cn2ccc3cc(Br)ccc32)nc1. The van der Waals surface area contributed by atoms with Gasteiger partial charge in [-0.15, -0.1) is 0 Å². The summed E-state index contributed by atoms with van der Waals surface area (Å²) in [5.74, 6) is 4.75. The third kappa shape index (κ3) is 2.81. The number of hydrogen-bond acceptors (Lipinski definition) is 3. The molecule has 0 radical (unpaired) electrons. The van der Waals surface area contributed by atoms with Crippen LogP contribution in [0.5, 0.6) is 0 Å². The lowest BCUT2D eigenvalue weighted by Gasteiger charge is -2.06. The summed E-state index contributed by atoms with van der Waals surface area (Å²) in [6.45, 7) is 0.648. The van der Waals surface area contributed by atoms with E-state index in [1.165, 1.54) is 11.6 Å². The number of nitrogens with one attached hydrogen (secondary N) is 1. The van der Waals surface area contributed by atoms with Gasteiger partial charge in [0.25, 0.3) is 5.91 Å². The van der Waals surface area contributed by atoms with E-state index < -0.39 is 0 Å². The third-order valence-corrected chi connectivity index (χ3v) is 3.78. The number of pyridine rings is 1. The highest BCUT2D eigenvalue weighted by Gasteiger charge is 2.06. The number of rotatable bonds is 3. The van der Waals surface area contributed by atoms with Gasteiger partial charge in [0.1, 0.15) is 0 Å². The van der Waals surface area contributed by atoms with Crippen LogP contribution in [-0.2, 0) is 6.54 Å². The Morgan fingerprint density at radius 2 is 2.14 bits per heavy atom. The maximum atomic E-state index is 11.4. The number of hydrogen-bond donors (Lipinski definition) is 2. The number of nitrogens with zero attached hydrogens (tertiary/aromatic N) is 2. The van der Waals surface area contributed by atoms with Gasteiger partial charge in [-0.3, -0.25) is 15.2 Å². The summed E-state index contributed by atoms with van der Waals surface area (Å²) in [6, 6.07) is 11.8. The first kappa shape index (κ1) is 13.8. The van der Waals surface area contributed by atoms with E-state index in [1.54, 1.807) is 6.07 Å². The molecule has 2 aromatic heterocycles. The zero-order valence-electron chi connectivity index (χ0n) is 11.1. The van der Waals surface area contributed by atoms with Crippen molar-refractivity contribution in [1.82, 2.24) is 15.0 Å². The lowest BCUT2D eigenvalue weighted by atomic mass is 10.2. The molecule has 0 saturated carbocycles. The number of fused-ring (bicyclic) bond motifs is 1. The van der Waals surface area contributed by atoms with Crippen LogP contribution in [0.25, 0.3) is 10.9 Å². The first-order valence-electron chi connectivity index (χ1n) is 6.37. The number of halogens is 1. The fraction of sp³-hybridized carbons (Fsp3) is 0.0667. The van der Waals surface area contributed by atoms with Crippen molar-refractivity contribution in [3.63, 3.8) is 0 Å². The molecule has 3 rings (SSSR count). The summed E-state index contributed by atoms with van der Waals surface area (Å²) in [7, 11) is 0. The zero-order chi connectivity index (χ0) is 14.8. The molecule has 0 aliphatic rings. The van der Waals surface area contributed by atoms with Gasteiger partial charge in [-0.25, -0.2) is 5.84 Å². The van der Waals surface area contributed by atoms with Gasteiger partial charge in [0, 0.05) is 27.8 Å². The Hall–Kier alpha value is -2.18. The molecule has 1 amide bonds. The zero-order valence-corrected chi connectivity index (χ0v) is 12.7. The van der Waals surface area contributed by atoms with Gasteiger partial charge in [-0.2, -0.15) is 0 Å². The van der Waals surface area contributed by atoms with Crippen LogP contribution in [0.15, 0.2) is 53.3 Å². The number of nitrogens with two attached hydrogens (primary N) is 1. The standard InChI is InChI=1S/C15H13BrN4O/c16-12-2-4-14-10(7-12)5-6-20(14)9-13-3-1-11(8-18-13)15(21)19-17/h1-8H,9,17H2,(H,19,21). The molecule has 5 nitrogen and oxygen atoms in total. The Morgan fingerprint density at radius 3 is 2.86 bits per heavy atom. The van der Waals surface area contributed by atoms with Gasteiger partial charge in [0.2, 0.25) is 0 Å². The maximum absolute atomic E-state index is 11.4. The number of aromatic nitrogens is 2. The van der Waals surface area contributed by atoms with E-state index >= 15 is 0 Å². The van der Waals surface area contributed by atoms with Gasteiger partial charge in [0.15, 0.2) is 0 Å². The van der Waals surface area contributed by atoms with Crippen molar-refractivity contribution >= 4 is 32.7 Å². The minimum atomic E-state index is -0.342. The van der Waals surface area contributed by atoms with E-state index in [4.69, 9.17) is 5.84 Å². The lowest BCUT2D eigenvalue weighted by molar-refractivity contribution is 0.0953. The molecule has 106 valence electrons. The molecule has 0 fully saturated rings. The van der Waals surface area contributed by atoms with Gasteiger partial charge >= 0.3 is 0 Å². The van der Waals surface area contributed by atoms with Crippen molar-refractivity contribution in [3.8, 4) is 0 Å². The Balaban J connectivity index is 1.86. The predicted molar refractivity (Wildman–Crippen MR) is 84.6 cm³/mol. The quantitative estimate of drug-likeness (QED) is 0.435. The first-order chi connectivity index (χ1) is 10.2. The van der Waals surface area contributed by atoms with E-state index in [1.807, 2.05) is 18.3 Å². The van der Waals surface area contributed by atoms with Crippen molar-refractivity contribution in [2.24, 2.45) is 5.84 Å². The van der Waals surface area contributed by atoms with Crippen molar-refractivity contribution in [2.75, 3.05) is 0 Å². The van der Waals surface area contributed by atoms with E-state index in [9.17, 15) is 4.79 Å². The summed E-state index contributed by atoms with van der Waals surface area (Å²) < 4.78 is 3.18. The number of hydrazine groups is 1. The Kier molecular flexibility index (Phi) is 3.72. The molecule has 0 aliphatic heterocycles. The topological polar surface area (TPSA) is 72.9 Å². The van der Waals surface area contributed by atoms with Crippen LogP contribution in [0.3, 0.4) is 0 Å². The van der Waals surface area contributed by atoms with Crippen LogP contribution < -0.4 is 11.3 Å². The summed E-state index contributed by atoms with van der Waals surface area (Å²) in [4.78, 5) is 15.7. The lowest BCUT2D eigenvalue weighted by Crippen LogP contribution is -2.30. The van der Waals surface area contributed by atoms with Crippen molar-refractivity contribution in [3.05, 3.63) is 64.5 Å². The molecule has 0 saturated heterocycles. The minimum absolute atomic E-state index is 0.342. The summed E-state index contributed by atoms with van der Waals surface area (Å²) in [6.07, 6.45) is 3.55. The average molecular weight is 345 g/mol. The molecule has 21 heavy (non-hydrogen) atoms. The number of benzene rings is 1. The molecular formula is C15H13BrN4O. The number of carbonyl (C=O) groups excluding carboxylic acids is 1. The number of nitrogen functional groups attached to an aromatic ring is 1. The Labute approximate surface area is 129 Å². The van der Waals surface area contributed by atoms with Gasteiger partial charge < -0.3 is 4.57 Å². The fourth-order valence-electron chi connectivity index (χ4n) is 2.22. The molecule has 3 N–H and O–H groups in total. The van der Waals surface area contributed by atoms with Crippen molar-refractivity contribution in [2.45, 2.75) is 6.54 Å². The van der Waals surface area contributed by atoms with Crippen LogP contribution >= 0.6 is 15.9 Å². The van der Waals surface area contributed by atoms with Crippen LogP contribution in [0.1, 0.15) is 16.1 Å².